The molecule has 0 saturated carbocycles. The summed E-state index contributed by atoms with van der Waals surface area (Å²) in [5.74, 6) is 0. The summed E-state index contributed by atoms with van der Waals surface area (Å²) in [4.78, 5) is 0. The molecule has 0 radical (unpaired) electrons. The highest BCUT2D eigenvalue weighted by Gasteiger charge is 2.50. The van der Waals surface area contributed by atoms with Crippen molar-refractivity contribution in [1.82, 2.24) is 0 Å². The Morgan fingerprint density at radius 2 is 0.973 bits per heavy atom. The van der Waals surface area contributed by atoms with Gasteiger partial charge in [0.05, 0.1) is 5.41 Å². The third-order valence-electron chi connectivity index (χ3n) is 8.19. The minimum absolute atomic E-state index is 0.475. The van der Waals surface area contributed by atoms with Gasteiger partial charge < -0.3 is 0 Å². The van der Waals surface area contributed by atoms with Crippen molar-refractivity contribution in [2.75, 3.05) is 0 Å². The van der Waals surface area contributed by atoms with Crippen LogP contribution in [0.15, 0.2) is 118 Å². The van der Waals surface area contributed by atoms with E-state index in [2.05, 4.69) is 153 Å². The lowest BCUT2D eigenvalue weighted by Gasteiger charge is -2.36. The Morgan fingerprint density at radius 3 is 1.62 bits per heavy atom. The SMILES string of the molecule is Brc1ccc2c(c1)C1(c3cc(Br)ccc3C=C2)c2ccccc2-c2c1c1ccccc1c1ccccc21. The van der Waals surface area contributed by atoms with Crippen molar-refractivity contribution >= 4 is 65.6 Å². The molecule has 0 unspecified atom stereocenters. The first kappa shape index (κ1) is 21.6. The van der Waals surface area contributed by atoms with Crippen LogP contribution in [0.5, 0.6) is 0 Å². The fourth-order valence-electron chi connectivity index (χ4n) is 6.85. The summed E-state index contributed by atoms with van der Waals surface area (Å²) in [5.41, 5.74) is 10.0. The van der Waals surface area contributed by atoms with Crippen LogP contribution in [0.1, 0.15) is 33.4 Å². The van der Waals surface area contributed by atoms with Crippen LogP contribution >= 0.6 is 31.9 Å². The average Bonchev–Trinajstić information content (AvgIpc) is 3.17. The number of fused-ring (bicyclic) bond motifs is 14. The van der Waals surface area contributed by atoms with Crippen molar-refractivity contribution in [1.29, 1.82) is 0 Å². The summed E-state index contributed by atoms with van der Waals surface area (Å²) in [7, 11) is 0. The molecule has 174 valence electrons. The Morgan fingerprint density at radius 1 is 0.459 bits per heavy atom. The summed E-state index contributed by atoms with van der Waals surface area (Å²) in [6.45, 7) is 0. The lowest BCUT2D eigenvalue weighted by atomic mass is 9.65. The van der Waals surface area contributed by atoms with Gasteiger partial charge in [-0.1, -0.05) is 129 Å². The van der Waals surface area contributed by atoms with E-state index in [9.17, 15) is 0 Å². The fraction of sp³-hybridized carbons (Fsp3) is 0.0286. The summed E-state index contributed by atoms with van der Waals surface area (Å²) in [6, 6.07) is 40.4. The second kappa shape index (κ2) is 7.77. The van der Waals surface area contributed by atoms with Crippen molar-refractivity contribution in [2.45, 2.75) is 5.41 Å². The van der Waals surface area contributed by atoms with Crippen LogP contribution in [-0.2, 0) is 5.41 Å². The lowest BCUT2D eigenvalue weighted by Crippen LogP contribution is -2.30. The molecule has 2 aliphatic carbocycles. The zero-order valence-electron chi connectivity index (χ0n) is 19.8. The molecule has 0 N–H and O–H groups in total. The molecule has 37 heavy (non-hydrogen) atoms. The number of rotatable bonds is 0. The molecule has 2 aliphatic rings. The van der Waals surface area contributed by atoms with E-state index >= 15 is 0 Å². The zero-order valence-corrected chi connectivity index (χ0v) is 23.0. The van der Waals surface area contributed by atoms with Gasteiger partial charge >= 0.3 is 0 Å². The van der Waals surface area contributed by atoms with E-state index in [0.717, 1.165) is 8.95 Å². The normalized spacial score (nSPS) is 14.3. The molecule has 8 rings (SSSR count). The smallest absolute Gasteiger partial charge is 0.0619 e. The van der Waals surface area contributed by atoms with E-state index in [4.69, 9.17) is 0 Å². The van der Waals surface area contributed by atoms with Crippen LogP contribution < -0.4 is 0 Å². The first-order valence-electron chi connectivity index (χ1n) is 12.5. The quantitative estimate of drug-likeness (QED) is 0.152. The van der Waals surface area contributed by atoms with Crippen molar-refractivity contribution in [3.8, 4) is 11.1 Å². The third-order valence-corrected chi connectivity index (χ3v) is 9.18. The van der Waals surface area contributed by atoms with Crippen LogP contribution in [0.25, 0.3) is 44.8 Å². The summed E-state index contributed by atoms with van der Waals surface area (Å²) >= 11 is 7.67. The fourth-order valence-corrected chi connectivity index (χ4v) is 7.58. The Balaban J connectivity index is 1.73. The average molecular weight is 600 g/mol. The molecular formula is C35H20Br2. The predicted molar refractivity (Wildman–Crippen MR) is 163 cm³/mol. The minimum Gasteiger partial charge on any atom is -0.0619 e. The summed E-state index contributed by atoms with van der Waals surface area (Å²) < 4.78 is 2.18. The monoisotopic (exact) mass is 598 g/mol. The van der Waals surface area contributed by atoms with Gasteiger partial charge in [-0.2, -0.15) is 0 Å². The van der Waals surface area contributed by atoms with Gasteiger partial charge in [0.25, 0.3) is 0 Å². The molecule has 0 aliphatic heterocycles. The first-order chi connectivity index (χ1) is 18.2. The van der Waals surface area contributed by atoms with Crippen LogP contribution in [0.2, 0.25) is 0 Å². The van der Waals surface area contributed by atoms with E-state index in [-0.39, 0.29) is 0 Å². The number of hydrogen-bond donors (Lipinski definition) is 0. The molecule has 0 atom stereocenters. The minimum atomic E-state index is -0.475. The van der Waals surface area contributed by atoms with Crippen LogP contribution in [0.4, 0.5) is 0 Å². The molecule has 2 heteroatoms. The molecule has 0 bridgehead atoms. The predicted octanol–water partition coefficient (Wildman–Crippen LogP) is 10.4. The topological polar surface area (TPSA) is 0 Å². The Hall–Kier alpha value is -3.46. The summed E-state index contributed by atoms with van der Waals surface area (Å²) in [5, 5.41) is 5.23. The molecule has 6 aromatic carbocycles. The van der Waals surface area contributed by atoms with Crippen molar-refractivity contribution in [2.24, 2.45) is 0 Å². The van der Waals surface area contributed by atoms with E-state index in [0.29, 0.717) is 0 Å². The van der Waals surface area contributed by atoms with E-state index < -0.39 is 5.41 Å². The second-order valence-electron chi connectivity index (χ2n) is 9.93. The van der Waals surface area contributed by atoms with E-state index in [1.807, 2.05) is 0 Å². The maximum Gasteiger partial charge on any atom is 0.0732 e. The van der Waals surface area contributed by atoms with Gasteiger partial charge in [-0.15, -0.1) is 0 Å². The molecule has 1 spiro atoms. The lowest BCUT2D eigenvalue weighted by molar-refractivity contribution is 0.772. The van der Waals surface area contributed by atoms with Gasteiger partial charge in [-0.25, -0.2) is 0 Å². The number of benzene rings is 6. The second-order valence-corrected chi connectivity index (χ2v) is 11.8. The molecule has 0 nitrogen and oxygen atoms in total. The maximum atomic E-state index is 3.84. The molecular weight excluding hydrogens is 580 g/mol. The van der Waals surface area contributed by atoms with E-state index in [1.165, 1.54) is 66.1 Å². The van der Waals surface area contributed by atoms with Gasteiger partial charge in [-0.3, -0.25) is 0 Å². The Labute approximate surface area is 232 Å². The molecule has 0 saturated heterocycles. The van der Waals surface area contributed by atoms with Gasteiger partial charge in [-0.05, 0) is 90.3 Å². The molecule has 6 aromatic rings. The first-order valence-corrected chi connectivity index (χ1v) is 14.1. The van der Waals surface area contributed by atoms with Crippen molar-refractivity contribution < 1.29 is 0 Å². The third kappa shape index (κ3) is 2.78. The van der Waals surface area contributed by atoms with Gasteiger partial charge in [0.1, 0.15) is 0 Å². The Kier molecular flexibility index (Phi) is 4.54. The largest absolute Gasteiger partial charge is 0.0732 e. The number of halogens is 2. The highest BCUT2D eigenvalue weighted by atomic mass is 79.9. The zero-order chi connectivity index (χ0) is 24.7. The standard InChI is InChI=1S/C35H20Br2/c36-23-17-15-21-13-14-22-16-18-24(37)20-32(22)35(31(21)19-23)30-12-6-5-11-29(30)33-27-9-3-1-7-25(27)26-8-2-4-10-28(26)34(33)35/h1-20H. The molecule has 0 fully saturated rings. The molecule has 0 amide bonds. The van der Waals surface area contributed by atoms with Crippen LogP contribution in [-0.4, -0.2) is 0 Å². The van der Waals surface area contributed by atoms with Gasteiger partial charge in [0.2, 0.25) is 0 Å². The highest BCUT2D eigenvalue weighted by Crippen LogP contribution is 2.62. The summed E-state index contributed by atoms with van der Waals surface area (Å²) in [6.07, 6.45) is 4.57. The van der Waals surface area contributed by atoms with Crippen LogP contribution in [0.3, 0.4) is 0 Å². The maximum absolute atomic E-state index is 3.84. The van der Waals surface area contributed by atoms with Crippen molar-refractivity contribution in [3.63, 3.8) is 0 Å². The van der Waals surface area contributed by atoms with Crippen molar-refractivity contribution in [3.05, 3.63) is 152 Å². The molecule has 0 aromatic heterocycles. The number of hydrogen-bond acceptors (Lipinski definition) is 0. The van der Waals surface area contributed by atoms with Gasteiger partial charge in [0.15, 0.2) is 0 Å². The highest BCUT2D eigenvalue weighted by molar-refractivity contribution is 9.10. The molecule has 0 heterocycles. The van der Waals surface area contributed by atoms with E-state index in [1.54, 1.807) is 0 Å². The van der Waals surface area contributed by atoms with Gasteiger partial charge in [0, 0.05) is 8.95 Å². The van der Waals surface area contributed by atoms with Crippen LogP contribution in [0, 0.1) is 0 Å². The Bertz CT molecular complexity index is 1910.